The quantitative estimate of drug-likeness (QED) is 0.774. The first-order valence-electron chi connectivity index (χ1n) is 5.59. The van der Waals surface area contributed by atoms with Gasteiger partial charge in [-0.25, -0.2) is 8.42 Å². The summed E-state index contributed by atoms with van der Waals surface area (Å²) in [4.78, 5) is 0. The molecular weight excluding hydrogens is 358 g/mol. The Morgan fingerprint density at radius 2 is 2.00 bits per heavy atom. The highest BCUT2D eigenvalue weighted by atomic mass is 79.9. The van der Waals surface area contributed by atoms with E-state index in [1.807, 2.05) is 6.92 Å². The van der Waals surface area contributed by atoms with E-state index >= 15 is 0 Å². The molecule has 1 atom stereocenters. The first kappa shape index (κ1) is 16.4. The van der Waals surface area contributed by atoms with E-state index in [2.05, 4.69) is 29.8 Å². The Kier molecular flexibility index (Phi) is 5.68. The third kappa shape index (κ3) is 3.70. The highest BCUT2D eigenvalue weighted by Gasteiger charge is 2.28. The van der Waals surface area contributed by atoms with E-state index in [0.29, 0.717) is 14.7 Å². The summed E-state index contributed by atoms with van der Waals surface area (Å²) < 4.78 is 27.1. The maximum Gasteiger partial charge on any atom is 0.252 e. The minimum atomic E-state index is -3.45. The molecule has 0 aliphatic heterocycles. The molecule has 0 spiro atoms. The lowest BCUT2D eigenvalue weighted by atomic mass is 10.1. The molecule has 1 unspecified atom stereocenters. The van der Waals surface area contributed by atoms with Crippen LogP contribution >= 0.6 is 38.9 Å². The molecule has 0 bridgehead atoms. The molecule has 1 heterocycles. The summed E-state index contributed by atoms with van der Waals surface area (Å²) in [7, 11) is -1.83. The summed E-state index contributed by atoms with van der Waals surface area (Å²) in [6, 6.07) is 1.46. The molecule has 1 aromatic rings. The van der Waals surface area contributed by atoms with Gasteiger partial charge in [-0.05, 0) is 41.3 Å². The molecule has 0 N–H and O–H groups in total. The molecule has 0 amide bonds. The van der Waals surface area contributed by atoms with Gasteiger partial charge in [0, 0.05) is 13.1 Å². The van der Waals surface area contributed by atoms with E-state index in [1.54, 1.807) is 7.05 Å². The maximum atomic E-state index is 12.4. The van der Waals surface area contributed by atoms with Crippen molar-refractivity contribution in [3.63, 3.8) is 0 Å². The fourth-order valence-corrected chi connectivity index (χ4v) is 5.62. The van der Waals surface area contributed by atoms with Gasteiger partial charge in [0.25, 0.3) is 10.0 Å². The lowest BCUT2D eigenvalue weighted by Crippen LogP contribution is -2.35. The second kappa shape index (κ2) is 6.22. The lowest BCUT2D eigenvalue weighted by Gasteiger charge is -2.24. The third-order valence-corrected chi connectivity index (χ3v) is 7.58. The molecular formula is C11H17BrClNO2S2. The molecule has 104 valence electrons. The normalized spacial score (nSPS) is 14.4. The number of thiophene rings is 1. The summed E-state index contributed by atoms with van der Waals surface area (Å²) in [5, 5.41) is 0.434. The molecule has 18 heavy (non-hydrogen) atoms. The third-order valence-electron chi connectivity index (χ3n) is 2.69. The Balaban J connectivity index is 2.99. The van der Waals surface area contributed by atoms with Crippen LogP contribution < -0.4 is 0 Å². The number of sulfonamides is 1. The minimum Gasteiger partial charge on any atom is -0.206 e. The van der Waals surface area contributed by atoms with E-state index in [-0.39, 0.29) is 10.3 Å². The van der Waals surface area contributed by atoms with E-state index in [4.69, 9.17) is 11.6 Å². The SMILES string of the molecule is CC(C)CC(C)N(C)S(=O)(=O)c1cc(Cl)c(Br)s1. The average molecular weight is 375 g/mol. The smallest absolute Gasteiger partial charge is 0.206 e. The van der Waals surface area contributed by atoms with Crippen LogP contribution in [0.25, 0.3) is 0 Å². The van der Waals surface area contributed by atoms with Gasteiger partial charge in [0.15, 0.2) is 0 Å². The van der Waals surface area contributed by atoms with E-state index in [0.717, 1.165) is 17.8 Å². The van der Waals surface area contributed by atoms with Crippen molar-refractivity contribution in [2.24, 2.45) is 5.92 Å². The van der Waals surface area contributed by atoms with Crippen LogP contribution in [0.2, 0.25) is 5.02 Å². The molecule has 0 saturated heterocycles. The van der Waals surface area contributed by atoms with Crippen LogP contribution in [-0.2, 0) is 10.0 Å². The van der Waals surface area contributed by atoms with Gasteiger partial charge >= 0.3 is 0 Å². The average Bonchev–Trinajstić information content (AvgIpc) is 2.57. The maximum absolute atomic E-state index is 12.4. The van der Waals surface area contributed by atoms with Crippen LogP contribution in [0.3, 0.4) is 0 Å². The van der Waals surface area contributed by atoms with Crippen molar-refractivity contribution in [2.45, 2.75) is 37.4 Å². The monoisotopic (exact) mass is 373 g/mol. The highest BCUT2D eigenvalue weighted by Crippen LogP contribution is 2.36. The minimum absolute atomic E-state index is 0.0327. The predicted molar refractivity (Wildman–Crippen MR) is 80.9 cm³/mol. The zero-order valence-corrected chi connectivity index (χ0v) is 14.8. The van der Waals surface area contributed by atoms with Gasteiger partial charge in [0.2, 0.25) is 0 Å². The Hall–Kier alpha value is 0.380. The summed E-state index contributed by atoms with van der Waals surface area (Å²) in [5.74, 6) is 0.455. The van der Waals surface area contributed by atoms with Gasteiger partial charge in [-0.2, -0.15) is 4.31 Å². The van der Waals surface area contributed by atoms with E-state index in [9.17, 15) is 8.42 Å². The second-order valence-electron chi connectivity index (χ2n) is 4.69. The number of halogens is 2. The molecule has 0 aromatic carbocycles. The van der Waals surface area contributed by atoms with Gasteiger partial charge in [-0.1, -0.05) is 25.4 Å². The molecule has 1 rings (SSSR count). The zero-order chi connectivity index (χ0) is 14.1. The molecule has 1 aromatic heterocycles. The standard InChI is InChI=1S/C11H17BrClNO2S2/c1-7(2)5-8(3)14(4)18(15,16)10-6-9(13)11(12)17-10/h6-8H,5H2,1-4H3. The van der Waals surface area contributed by atoms with Gasteiger partial charge in [-0.15, -0.1) is 11.3 Å². The van der Waals surface area contributed by atoms with Crippen molar-refractivity contribution in [3.8, 4) is 0 Å². The lowest BCUT2D eigenvalue weighted by molar-refractivity contribution is 0.338. The summed E-state index contributed by atoms with van der Waals surface area (Å²) in [6.07, 6.45) is 0.829. The van der Waals surface area contributed by atoms with Crippen LogP contribution in [0, 0.1) is 5.92 Å². The Bertz CT molecular complexity index is 494. The van der Waals surface area contributed by atoms with Gasteiger partial charge in [0.1, 0.15) is 4.21 Å². The Morgan fingerprint density at radius 3 is 2.39 bits per heavy atom. The first-order chi connectivity index (χ1) is 8.16. The predicted octanol–water partition coefficient (Wildman–Crippen LogP) is 4.22. The van der Waals surface area contributed by atoms with Crippen molar-refractivity contribution in [2.75, 3.05) is 7.05 Å². The second-order valence-corrected chi connectivity index (χ2v) is 9.69. The van der Waals surface area contributed by atoms with Crippen molar-refractivity contribution in [3.05, 3.63) is 14.9 Å². The van der Waals surface area contributed by atoms with Crippen molar-refractivity contribution >= 4 is 48.9 Å². The molecule has 0 aliphatic rings. The summed E-state index contributed by atoms with van der Waals surface area (Å²) in [6.45, 7) is 6.08. The van der Waals surface area contributed by atoms with Gasteiger partial charge < -0.3 is 0 Å². The largest absolute Gasteiger partial charge is 0.252 e. The van der Waals surface area contributed by atoms with Crippen LogP contribution in [0.15, 0.2) is 14.1 Å². The van der Waals surface area contributed by atoms with E-state index < -0.39 is 10.0 Å². The van der Waals surface area contributed by atoms with Gasteiger partial charge in [0.05, 0.1) is 8.81 Å². The number of rotatable bonds is 5. The molecule has 0 aliphatic carbocycles. The molecule has 0 saturated carbocycles. The Labute approximate surface area is 126 Å². The number of hydrogen-bond donors (Lipinski definition) is 0. The number of hydrogen-bond acceptors (Lipinski definition) is 3. The van der Waals surface area contributed by atoms with Crippen molar-refractivity contribution in [1.29, 1.82) is 0 Å². The zero-order valence-electron chi connectivity index (χ0n) is 10.8. The fraction of sp³-hybridized carbons (Fsp3) is 0.636. The van der Waals surface area contributed by atoms with E-state index in [1.165, 1.54) is 10.4 Å². The van der Waals surface area contributed by atoms with Crippen LogP contribution in [0.4, 0.5) is 0 Å². The number of nitrogens with zero attached hydrogens (tertiary/aromatic N) is 1. The Morgan fingerprint density at radius 1 is 1.44 bits per heavy atom. The molecule has 0 fully saturated rings. The topological polar surface area (TPSA) is 37.4 Å². The van der Waals surface area contributed by atoms with Crippen LogP contribution in [-0.4, -0.2) is 25.8 Å². The molecule has 0 radical (unpaired) electrons. The highest BCUT2D eigenvalue weighted by molar-refractivity contribution is 9.11. The molecule has 7 heteroatoms. The van der Waals surface area contributed by atoms with Crippen LogP contribution in [0.5, 0.6) is 0 Å². The van der Waals surface area contributed by atoms with Gasteiger partial charge in [-0.3, -0.25) is 0 Å². The molecule has 3 nitrogen and oxygen atoms in total. The van der Waals surface area contributed by atoms with Crippen LogP contribution in [0.1, 0.15) is 27.2 Å². The fourth-order valence-electron chi connectivity index (χ4n) is 1.66. The first-order valence-corrected chi connectivity index (χ1v) is 9.02. The summed E-state index contributed by atoms with van der Waals surface area (Å²) >= 11 is 10.3. The van der Waals surface area contributed by atoms with Crippen molar-refractivity contribution < 1.29 is 8.42 Å². The van der Waals surface area contributed by atoms with Crippen molar-refractivity contribution in [1.82, 2.24) is 4.31 Å². The summed E-state index contributed by atoms with van der Waals surface area (Å²) in [5.41, 5.74) is 0.